The minimum absolute atomic E-state index is 0.146. The maximum Gasteiger partial charge on any atom is 0.243 e. The SMILES string of the molecule is CC1CNc2c(cccc2S(=O)(=O)NCC(=O)N2CC[C@H](C)C[C@H]2C(=O)NCCCCN=CNN)C1. The fourth-order valence-electron chi connectivity index (χ4n) is 4.69. The van der Waals surface area contributed by atoms with E-state index in [2.05, 4.69) is 39.6 Å². The van der Waals surface area contributed by atoms with Crippen molar-refractivity contribution in [2.24, 2.45) is 22.7 Å². The van der Waals surface area contributed by atoms with E-state index in [1.807, 2.05) is 6.07 Å². The number of nitrogens with zero attached hydrogens (tertiary/aromatic N) is 2. The fraction of sp³-hybridized carbons (Fsp3) is 0.625. The molecule has 0 bridgehead atoms. The Morgan fingerprint density at radius 3 is 2.83 bits per heavy atom. The molecule has 6 N–H and O–H groups in total. The van der Waals surface area contributed by atoms with Crippen molar-refractivity contribution in [3.63, 3.8) is 0 Å². The summed E-state index contributed by atoms with van der Waals surface area (Å²) >= 11 is 0. The maximum atomic E-state index is 13.1. The zero-order valence-corrected chi connectivity index (χ0v) is 21.9. The van der Waals surface area contributed by atoms with Crippen LogP contribution in [0.5, 0.6) is 0 Å². The highest BCUT2D eigenvalue weighted by Crippen LogP contribution is 2.31. The third-order valence-corrected chi connectivity index (χ3v) is 8.12. The molecule has 12 heteroatoms. The lowest BCUT2D eigenvalue weighted by atomic mass is 9.91. The number of unbranched alkanes of at least 4 members (excludes halogenated alkanes) is 1. The second-order valence-corrected chi connectivity index (χ2v) is 11.5. The van der Waals surface area contributed by atoms with E-state index in [9.17, 15) is 18.0 Å². The van der Waals surface area contributed by atoms with E-state index in [1.54, 1.807) is 12.1 Å². The van der Waals surface area contributed by atoms with Crippen LogP contribution in [0.1, 0.15) is 45.1 Å². The molecule has 1 aromatic carbocycles. The van der Waals surface area contributed by atoms with Gasteiger partial charge in [-0.2, -0.15) is 0 Å². The van der Waals surface area contributed by atoms with Gasteiger partial charge in [0.2, 0.25) is 21.8 Å². The van der Waals surface area contributed by atoms with Gasteiger partial charge < -0.3 is 21.0 Å². The molecule has 2 heterocycles. The summed E-state index contributed by atoms with van der Waals surface area (Å²) in [6.07, 6.45) is 5.07. The molecule has 2 aliphatic rings. The van der Waals surface area contributed by atoms with Crippen LogP contribution in [0.4, 0.5) is 5.69 Å². The second kappa shape index (κ2) is 13.0. The summed E-state index contributed by atoms with van der Waals surface area (Å²) in [6, 6.07) is 4.58. The second-order valence-electron chi connectivity index (χ2n) is 9.74. The topological polar surface area (TPSA) is 158 Å². The van der Waals surface area contributed by atoms with Crippen molar-refractivity contribution < 1.29 is 18.0 Å². The molecule has 0 aliphatic carbocycles. The number of fused-ring (bicyclic) bond motifs is 1. The third kappa shape index (κ3) is 7.40. The zero-order valence-electron chi connectivity index (χ0n) is 21.1. The van der Waals surface area contributed by atoms with Crippen molar-refractivity contribution in [1.82, 2.24) is 20.4 Å². The fourth-order valence-corrected chi connectivity index (χ4v) is 5.89. The molecular formula is C24H39N7O4S. The molecule has 11 nitrogen and oxygen atoms in total. The van der Waals surface area contributed by atoms with Crippen molar-refractivity contribution >= 4 is 33.9 Å². The van der Waals surface area contributed by atoms with Crippen molar-refractivity contribution in [2.75, 3.05) is 38.0 Å². The summed E-state index contributed by atoms with van der Waals surface area (Å²) in [5, 5.41) is 6.13. The van der Waals surface area contributed by atoms with Crippen LogP contribution in [-0.4, -0.2) is 70.2 Å². The first-order valence-corrected chi connectivity index (χ1v) is 14.1. The number of aliphatic imine (C=N–C) groups is 1. The van der Waals surface area contributed by atoms with Crippen molar-refractivity contribution in [2.45, 2.75) is 56.9 Å². The number of hydrazine groups is 1. The number of anilines is 1. The molecule has 200 valence electrons. The molecule has 1 fully saturated rings. The number of piperidine rings is 1. The first-order chi connectivity index (χ1) is 17.2. The van der Waals surface area contributed by atoms with Crippen LogP contribution < -0.4 is 26.6 Å². The van der Waals surface area contributed by atoms with E-state index in [0.717, 1.165) is 31.2 Å². The van der Waals surface area contributed by atoms with E-state index in [-0.39, 0.29) is 10.8 Å². The smallest absolute Gasteiger partial charge is 0.243 e. The highest BCUT2D eigenvalue weighted by atomic mass is 32.2. The van der Waals surface area contributed by atoms with Gasteiger partial charge in [0.25, 0.3) is 0 Å². The van der Waals surface area contributed by atoms with Crippen LogP contribution in [0.25, 0.3) is 0 Å². The normalized spacial score (nSPS) is 22.1. The number of nitrogens with two attached hydrogens (primary N) is 1. The van der Waals surface area contributed by atoms with Gasteiger partial charge in [0.15, 0.2) is 0 Å². The molecule has 1 saturated heterocycles. The van der Waals surface area contributed by atoms with Gasteiger partial charge in [0.05, 0.1) is 18.6 Å². The quantitative estimate of drug-likeness (QED) is 0.0937. The highest BCUT2D eigenvalue weighted by Gasteiger charge is 2.35. The van der Waals surface area contributed by atoms with Gasteiger partial charge in [-0.05, 0) is 55.6 Å². The summed E-state index contributed by atoms with van der Waals surface area (Å²) in [4.78, 5) is 31.7. The van der Waals surface area contributed by atoms with Gasteiger partial charge in [-0.1, -0.05) is 26.0 Å². The molecule has 0 spiro atoms. The molecule has 2 aliphatic heterocycles. The predicted octanol–water partition coefficient (Wildman–Crippen LogP) is 0.584. The molecule has 0 saturated carbocycles. The van der Waals surface area contributed by atoms with E-state index < -0.39 is 28.5 Å². The number of carbonyl (C=O) groups excluding carboxylic acids is 2. The number of rotatable bonds is 11. The molecule has 2 amide bonds. The molecule has 0 radical (unpaired) electrons. The Balaban J connectivity index is 1.58. The number of hydrogen-bond donors (Lipinski definition) is 5. The van der Waals surface area contributed by atoms with Crippen molar-refractivity contribution in [3.8, 4) is 0 Å². The van der Waals surface area contributed by atoms with Crippen molar-refractivity contribution in [3.05, 3.63) is 23.8 Å². The van der Waals surface area contributed by atoms with Gasteiger partial charge in [-0.25, -0.2) is 19.0 Å². The monoisotopic (exact) mass is 521 g/mol. The average molecular weight is 522 g/mol. The average Bonchev–Trinajstić information content (AvgIpc) is 2.86. The number of benzene rings is 1. The summed E-state index contributed by atoms with van der Waals surface area (Å²) in [6.45, 7) is 5.96. The Bertz CT molecular complexity index is 1050. The summed E-state index contributed by atoms with van der Waals surface area (Å²) < 4.78 is 28.6. The largest absolute Gasteiger partial charge is 0.383 e. The standard InChI is InChI=1S/C24H39N7O4S/c1-17-8-11-31(20(13-17)24(33)27-10-4-3-9-26-16-29-25)22(32)15-30-36(34,35)21-7-5-6-19-12-18(2)14-28-23(19)21/h5-7,16-18,20,28,30H,3-4,8-15,25H2,1-2H3,(H,26,29)(H,27,33)/t17-,18?,20-/m0/s1. The van der Waals surface area contributed by atoms with E-state index >= 15 is 0 Å². The van der Waals surface area contributed by atoms with Gasteiger partial charge in [0.1, 0.15) is 10.9 Å². The van der Waals surface area contributed by atoms with Crippen LogP contribution >= 0.6 is 0 Å². The first-order valence-electron chi connectivity index (χ1n) is 12.6. The molecular weight excluding hydrogens is 482 g/mol. The molecule has 1 aromatic rings. The molecule has 1 unspecified atom stereocenters. The van der Waals surface area contributed by atoms with Crippen LogP contribution in [0.2, 0.25) is 0 Å². The highest BCUT2D eigenvalue weighted by molar-refractivity contribution is 7.89. The van der Waals surface area contributed by atoms with Gasteiger partial charge in [0, 0.05) is 26.2 Å². The van der Waals surface area contributed by atoms with Crippen LogP contribution in [0.15, 0.2) is 28.1 Å². The van der Waals surface area contributed by atoms with Gasteiger partial charge in [-0.3, -0.25) is 14.6 Å². The van der Waals surface area contributed by atoms with E-state index in [0.29, 0.717) is 50.1 Å². The van der Waals surface area contributed by atoms with Crippen LogP contribution in [0, 0.1) is 11.8 Å². The minimum atomic E-state index is -3.91. The first kappa shape index (κ1) is 27.9. The summed E-state index contributed by atoms with van der Waals surface area (Å²) in [7, 11) is -3.91. The van der Waals surface area contributed by atoms with Crippen molar-refractivity contribution in [1.29, 1.82) is 0 Å². The van der Waals surface area contributed by atoms with Crippen LogP contribution in [-0.2, 0) is 26.0 Å². The number of sulfonamides is 1. The Kier molecular flexibility index (Phi) is 10.1. The maximum absolute atomic E-state index is 13.1. The number of hydrogen-bond acceptors (Lipinski definition) is 7. The van der Waals surface area contributed by atoms with E-state index in [1.165, 1.54) is 11.2 Å². The molecule has 36 heavy (non-hydrogen) atoms. The predicted molar refractivity (Wildman–Crippen MR) is 140 cm³/mol. The lowest BCUT2D eigenvalue weighted by Gasteiger charge is -2.37. The van der Waals surface area contributed by atoms with E-state index in [4.69, 9.17) is 5.84 Å². The number of para-hydroxylation sites is 1. The number of amides is 2. The number of nitrogens with one attached hydrogen (secondary N) is 4. The lowest BCUT2D eigenvalue weighted by molar-refractivity contribution is -0.142. The summed E-state index contributed by atoms with van der Waals surface area (Å²) in [5.74, 6) is 5.22. The Hall–Kier alpha value is -2.70. The summed E-state index contributed by atoms with van der Waals surface area (Å²) in [5.41, 5.74) is 3.89. The van der Waals surface area contributed by atoms with Gasteiger partial charge in [-0.15, -0.1) is 0 Å². The molecule has 3 atom stereocenters. The lowest BCUT2D eigenvalue weighted by Crippen LogP contribution is -2.55. The minimum Gasteiger partial charge on any atom is -0.383 e. The number of likely N-dealkylation sites (tertiary alicyclic amines) is 1. The van der Waals surface area contributed by atoms with Crippen LogP contribution in [0.3, 0.4) is 0 Å². The Morgan fingerprint density at radius 2 is 2.06 bits per heavy atom. The Morgan fingerprint density at radius 1 is 1.25 bits per heavy atom. The Labute approximate surface area is 213 Å². The molecule has 0 aromatic heterocycles. The third-order valence-electron chi connectivity index (χ3n) is 6.68. The number of carbonyl (C=O) groups is 2. The zero-order chi connectivity index (χ0) is 26.1. The molecule has 3 rings (SSSR count). The van der Waals surface area contributed by atoms with Gasteiger partial charge >= 0.3 is 0 Å².